The van der Waals surface area contributed by atoms with Crippen molar-refractivity contribution in [2.45, 2.75) is 19.0 Å². The predicted octanol–water partition coefficient (Wildman–Crippen LogP) is 2.65. The molecule has 0 amide bonds. The zero-order valence-corrected chi connectivity index (χ0v) is 12.4. The Morgan fingerprint density at radius 1 is 1.53 bits per heavy atom. The molecule has 1 saturated heterocycles. The fourth-order valence-electron chi connectivity index (χ4n) is 2.37. The topological polar surface area (TPSA) is 28.2 Å². The molecule has 2 aromatic rings. The summed E-state index contributed by atoms with van der Waals surface area (Å²) in [7, 11) is 2.13. The van der Waals surface area contributed by atoms with Crippen LogP contribution in [0.4, 0.5) is 4.39 Å². The number of likely N-dealkylation sites (N-methyl/N-ethyl adjacent to an activating group) is 1. The van der Waals surface area contributed by atoms with Gasteiger partial charge in [-0.2, -0.15) is 0 Å². The molecule has 0 spiro atoms. The van der Waals surface area contributed by atoms with Crippen molar-refractivity contribution < 1.29 is 4.39 Å². The molecule has 1 aromatic carbocycles. The quantitative estimate of drug-likeness (QED) is 0.945. The summed E-state index contributed by atoms with van der Waals surface area (Å²) in [6.45, 7) is 2.99. The van der Waals surface area contributed by atoms with Gasteiger partial charge in [0, 0.05) is 12.6 Å². The lowest BCUT2D eigenvalue weighted by Gasteiger charge is -2.21. The van der Waals surface area contributed by atoms with Gasteiger partial charge in [-0.1, -0.05) is 0 Å². The molecule has 0 bridgehead atoms. The number of halogens is 2. The Morgan fingerprint density at radius 2 is 2.37 bits per heavy atom. The number of nitrogens with one attached hydrogen (secondary N) is 1. The molecule has 1 N–H and O–H groups in total. The van der Waals surface area contributed by atoms with Crippen molar-refractivity contribution in [2.75, 3.05) is 20.1 Å². The second-order valence-corrected chi connectivity index (χ2v) is 5.90. The van der Waals surface area contributed by atoms with Crippen molar-refractivity contribution in [3.05, 3.63) is 29.0 Å². The van der Waals surface area contributed by atoms with Crippen molar-refractivity contribution in [3.63, 3.8) is 0 Å². The molecule has 1 aliphatic heterocycles. The number of thiazole rings is 1. The summed E-state index contributed by atoms with van der Waals surface area (Å²) in [5.74, 6) is -0.189. The smallest absolute Gasteiger partial charge is 0.124 e. The lowest BCUT2D eigenvalue weighted by Crippen LogP contribution is -2.32. The fraction of sp³-hybridized carbons (Fsp3) is 0.462. The van der Waals surface area contributed by atoms with Crippen LogP contribution >= 0.6 is 23.7 Å². The molecular formula is C13H17ClFN3S. The number of nitrogens with zero attached hydrogens (tertiary/aromatic N) is 2. The summed E-state index contributed by atoms with van der Waals surface area (Å²) < 4.78 is 14.0. The minimum atomic E-state index is -0.189. The fourth-order valence-corrected chi connectivity index (χ4v) is 3.43. The zero-order chi connectivity index (χ0) is 12.5. The minimum absolute atomic E-state index is 0. The van der Waals surface area contributed by atoms with E-state index in [1.165, 1.54) is 12.5 Å². The van der Waals surface area contributed by atoms with Crippen LogP contribution in [0.3, 0.4) is 0 Å². The molecule has 1 unspecified atom stereocenters. The molecule has 19 heavy (non-hydrogen) atoms. The van der Waals surface area contributed by atoms with Gasteiger partial charge in [0.1, 0.15) is 10.8 Å². The number of benzene rings is 1. The van der Waals surface area contributed by atoms with Crippen LogP contribution in [-0.4, -0.2) is 36.1 Å². The molecular weight excluding hydrogens is 285 g/mol. The van der Waals surface area contributed by atoms with E-state index in [4.69, 9.17) is 0 Å². The maximum absolute atomic E-state index is 13.1. The lowest BCUT2D eigenvalue weighted by molar-refractivity contribution is 0.249. The average molecular weight is 302 g/mol. The van der Waals surface area contributed by atoms with Crippen LogP contribution in [0.25, 0.3) is 10.2 Å². The van der Waals surface area contributed by atoms with Crippen LogP contribution < -0.4 is 5.32 Å². The highest BCUT2D eigenvalue weighted by molar-refractivity contribution is 7.18. The number of aromatic nitrogens is 1. The van der Waals surface area contributed by atoms with E-state index in [1.54, 1.807) is 23.5 Å². The Kier molecular flexibility index (Phi) is 4.73. The van der Waals surface area contributed by atoms with Crippen LogP contribution in [0.15, 0.2) is 18.2 Å². The van der Waals surface area contributed by atoms with E-state index in [2.05, 4.69) is 22.2 Å². The van der Waals surface area contributed by atoms with Crippen molar-refractivity contribution in [2.24, 2.45) is 0 Å². The van der Waals surface area contributed by atoms with Gasteiger partial charge >= 0.3 is 0 Å². The summed E-state index contributed by atoms with van der Waals surface area (Å²) in [6.07, 6.45) is 1.19. The molecule has 2 heterocycles. The second kappa shape index (κ2) is 6.13. The zero-order valence-electron chi connectivity index (χ0n) is 10.7. The summed E-state index contributed by atoms with van der Waals surface area (Å²) in [5.41, 5.74) is 0.898. The first-order chi connectivity index (χ1) is 8.72. The Labute approximate surface area is 122 Å². The molecule has 1 aliphatic rings. The molecule has 1 fully saturated rings. The summed E-state index contributed by atoms with van der Waals surface area (Å²) in [5, 5.41) is 4.42. The molecule has 1 atom stereocenters. The van der Waals surface area contributed by atoms with Gasteiger partial charge in [0.05, 0.1) is 16.8 Å². The van der Waals surface area contributed by atoms with Gasteiger partial charge in [-0.25, -0.2) is 9.37 Å². The van der Waals surface area contributed by atoms with Crippen molar-refractivity contribution in [3.8, 4) is 0 Å². The van der Waals surface area contributed by atoms with Gasteiger partial charge in [0.15, 0.2) is 0 Å². The van der Waals surface area contributed by atoms with Gasteiger partial charge in [0.2, 0.25) is 0 Å². The van der Waals surface area contributed by atoms with Crippen LogP contribution in [0.2, 0.25) is 0 Å². The van der Waals surface area contributed by atoms with E-state index in [-0.39, 0.29) is 18.2 Å². The molecule has 1 aromatic heterocycles. The van der Waals surface area contributed by atoms with Crippen LogP contribution in [0, 0.1) is 5.82 Å². The van der Waals surface area contributed by atoms with E-state index >= 15 is 0 Å². The van der Waals surface area contributed by atoms with E-state index < -0.39 is 0 Å². The monoisotopic (exact) mass is 301 g/mol. The number of hydrogen-bond donors (Lipinski definition) is 1. The van der Waals surface area contributed by atoms with Crippen LogP contribution in [-0.2, 0) is 6.54 Å². The van der Waals surface area contributed by atoms with Gasteiger partial charge in [-0.3, -0.25) is 4.90 Å². The first-order valence-corrected chi connectivity index (χ1v) is 7.00. The molecule has 104 valence electrons. The molecule has 0 aliphatic carbocycles. The third kappa shape index (κ3) is 3.23. The highest BCUT2D eigenvalue weighted by atomic mass is 35.5. The van der Waals surface area contributed by atoms with Gasteiger partial charge < -0.3 is 5.32 Å². The third-order valence-corrected chi connectivity index (χ3v) is 4.44. The van der Waals surface area contributed by atoms with Crippen LogP contribution in [0.1, 0.15) is 11.4 Å². The van der Waals surface area contributed by atoms with Crippen molar-refractivity contribution in [1.82, 2.24) is 15.2 Å². The predicted molar refractivity (Wildman–Crippen MR) is 79.6 cm³/mol. The maximum Gasteiger partial charge on any atom is 0.124 e. The normalized spacial score (nSPS) is 19.0. The maximum atomic E-state index is 13.1. The molecule has 3 nitrogen and oxygen atoms in total. The van der Waals surface area contributed by atoms with E-state index in [1.807, 2.05) is 0 Å². The Bertz CT molecular complexity index is 554. The average Bonchev–Trinajstić information content (AvgIpc) is 2.95. The Balaban J connectivity index is 0.00000133. The Morgan fingerprint density at radius 3 is 3.11 bits per heavy atom. The molecule has 0 radical (unpaired) electrons. The molecule has 6 heteroatoms. The van der Waals surface area contributed by atoms with Crippen LogP contribution in [0.5, 0.6) is 0 Å². The van der Waals surface area contributed by atoms with Crippen molar-refractivity contribution in [1.29, 1.82) is 0 Å². The lowest BCUT2D eigenvalue weighted by atomic mass is 10.2. The summed E-state index contributed by atoms with van der Waals surface area (Å²) >= 11 is 1.59. The summed E-state index contributed by atoms with van der Waals surface area (Å²) in [4.78, 5) is 6.88. The highest BCUT2D eigenvalue weighted by Crippen LogP contribution is 2.24. The number of rotatable bonds is 3. The first kappa shape index (κ1) is 14.7. The van der Waals surface area contributed by atoms with E-state index in [0.717, 1.165) is 34.9 Å². The number of fused-ring (bicyclic) bond motifs is 1. The first-order valence-electron chi connectivity index (χ1n) is 6.18. The molecule has 3 rings (SSSR count). The Hall–Kier alpha value is -0.750. The highest BCUT2D eigenvalue weighted by Gasteiger charge is 2.20. The molecule has 0 saturated carbocycles. The van der Waals surface area contributed by atoms with E-state index in [0.29, 0.717) is 6.04 Å². The summed E-state index contributed by atoms with van der Waals surface area (Å²) in [6, 6.07) is 5.38. The van der Waals surface area contributed by atoms with Gasteiger partial charge in [-0.05, 0) is 38.2 Å². The third-order valence-electron chi connectivity index (χ3n) is 3.44. The van der Waals surface area contributed by atoms with E-state index in [9.17, 15) is 4.39 Å². The minimum Gasteiger partial charge on any atom is -0.315 e. The van der Waals surface area contributed by atoms with Gasteiger partial charge in [-0.15, -0.1) is 23.7 Å². The number of hydrogen-bond acceptors (Lipinski definition) is 4. The standard InChI is InChI=1S/C13H16FN3S.ClH/c1-17(10-4-5-15-7-10)8-13-16-11-3-2-9(14)6-12(11)18-13;/h2-3,6,10,15H,4-5,7-8H2,1H3;1H. The SMILES string of the molecule is CN(Cc1nc2ccc(F)cc2s1)C1CCNC1.Cl. The van der Waals surface area contributed by atoms with Crippen molar-refractivity contribution >= 4 is 34.0 Å². The largest absolute Gasteiger partial charge is 0.315 e. The second-order valence-electron chi connectivity index (χ2n) is 4.78. The van der Waals surface area contributed by atoms with Gasteiger partial charge in [0.25, 0.3) is 0 Å².